The van der Waals surface area contributed by atoms with E-state index in [1.165, 1.54) is 4.90 Å². The van der Waals surface area contributed by atoms with Gasteiger partial charge in [-0.3, -0.25) is 0 Å². The van der Waals surface area contributed by atoms with Gasteiger partial charge >= 0.3 is 0 Å². The number of hydrogen-bond acceptors (Lipinski definition) is 4. The number of methoxy groups -OCH3 is 1. The quantitative estimate of drug-likeness (QED) is 0.870. The highest BCUT2D eigenvalue weighted by atomic mass is 32.2. The van der Waals surface area contributed by atoms with Crippen LogP contribution >= 0.6 is 11.8 Å². The summed E-state index contributed by atoms with van der Waals surface area (Å²) in [6.45, 7) is 1.93. The zero-order valence-electron chi connectivity index (χ0n) is 11.3. The summed E-state index contributed by atoms with van der Waals surface area (Å²) in [4.78, 5) is 5.50. The number of aliphatic hydroxyl groups excluding tert-OH is 1. The maximum absolute atomic E-state index is 10.3. The van der Waals surface area contributed by atoms with Crippen molar-refractivity contribution in [3.63, 3.8) is 0 Å². The van der Waals surface area contributed by atoms with E-state index in [1.54, 1.807) is 18.9 Å². The fraction of sp³-hybridized carbons (Fsp3) is 0.267. The third-order valence-electron chi connectivity index (χ3n) is 2.98. The van der Waals surface area contributed by atoms with Crippen LogP contribution in [0, 0.1) is 6.92 Å². The van der Waals surface area contributed by atoms with E-state index in [0.29, 0.717) is 11.6 Å². The Balaban J connectivity index is 2.29. The lowest BCUT2D eigenvalue weighted by Crippen LogP contribution is -2.04. The van der Waals surface area contributed by atoms with Crippen molar-refractivity contribution in [1.82, 2.24) is 4.98 Å². The van der Waals surface area contributed by atoms with E-state index < -0.39 is 6.10 Å². The Hall–Kier alpha value is -1.52. The maximum atomic E-state index is 10.3. The molecule has 1 aromatic carbocycles. The van der Waals surface area contributed by atoms with Gasteiger partial charge in [0, 0.05) is 10.5 Å². The lowest BCUT2D eigenvalue weighted by molar-refractivity contribution is 0.213. The van der Waals surface area contributed by atoms with Crippen LogP contribution in [0.2, 0.25) is 0 Å². The van der Waals surface area contributed by atoms with Crippen LogP contribution in [0.4, 0.5) is 0 Å². The standard InChI is InChI=1S/C15H17NO2S/c1-10-4-9-13(16-15(10)18-2)14(17)11-5-7-12(19-3)8-6-11/h4-9,14,17H,1-3H3. The van der Waals surface area contributed by atoms with Gasteiger partial charge in [-0.15, -0.1) is 11.8 Å². The molecule has 0 aliphatic carbocycles. The second kappa shape index (κ2) is 6.08. The molecule has 1 heterocycles. The molecule has 1 N–H and O–H groups in total. The fourth-order valence-electron chi connectivity index (χ4n) is 1.84. The molecule has 0 aliphatic heterocycles. The first-order valence-corrected chi connectivity index (χ1v) is 7.21. The molecule has 19 heavy (non-hydrogen) atoms. The predicted octanol–water partition coefficient (Wildman–Crippen LogP) is 3.20. The first-order chi connectivity index (χ1) is 9.15. The van der Waals surface area contributed by atoms with Gasteiger partial charge in [0.25, 0.3) is 0 Å². The van der Waals surface area contributed by atoms with E-state index in [2.05, 4.69) is 4.98 Å². The number of aliphatic hydroxyl groups is 1. The SMILES string of the molecule is COc1nc(C(O)c2ccc(SC)cc2)ccc1C. The summed E-state index contributed by atoms with van der Waals surface area (Å²) in [7, 11) is 1.58. The molecule has 0 saturated heterocycles. The van der Waals surface area contributed by atoms with E-state index in [-0.39, 0.29) is 0 Å². The zero-order valence-corrected chi connectivity index (χ0v) is 12.1. The maximum Gasteiger partial charge on any atom is 0.216 e. The Labute approximate surface area is 117 Å². The molecule has 0 bridgehead atoms. The molecule has 3 nitrogen and oxygen atoms in total. The van der Waals surface area contributed by atoms with Crippen LogP contribution in [0.3, 0.4) is 0 Å². The van der Waals surface area contributed by atoms with Crippen molar-refractivity contribution >= 4 is 11.8 Å². The van der Waals surface area contributed by atoms with Gasteiger partial charge in [0.2, 0.25) is 5.88 Å². The number of hydrogen-bond donors (Lipinski definition) is 1. The topological polar surface area (TPSA) is 42.4 Å². The third kappa shape index (κ3) is 3.08. The molecule has 0 amide bonds. The third-order valence-corrected chi connectivity index (χ3v) is 3.72. The average Bonchev–Trinajstić information content (AvgIpc) is 2.47. The van der Waals surface area contributed by atoms with Crippen LogP contribution < -0.4 is 4.74 Å². The molecule has 1 unspecified atom stereocenters. The molecule has 100 valence electrons. The number of thioether (sulfide) groups is 1. The minimum atomic E-state index is -0.731. The molecule has 0 radical (unpaired) electrons. The van der Waals surface area contributed by atoms with E-state index in [9.17, 15) is 5.11 Å². The largest absolute Gasteiger partial charge is 0.481 e. The van der Waals surface area contributed by atoms with Crippen molar-refractivity contribution in [2.24, 2.45) is 0 Å². The molecule has 2 rings (SSSR count). The van der Waals surface area contributed by atoms with Gasteiger partial charge < -0.3 is 9.84 Å². The number of nitrogens with zero attached hydrogens (tertiary/aromatic N) is 1. The van der Waals surface area contributed by atoms with E-state index >= 15 is 0 Å². The van der Waals surface area contributed by atoms with Crippen molar-refractivity contribution in [3.8, 4) is 5.88 Å². The monoisotopic (exact) mass is 275 g/mol. The van der Waals surface area contributed by atoms with Crippen LogP contribution in [0.25, 0.3) is 0 Å². The van der Waals surface area contributed by atoms with Gasteiger partial charge in [0.05, 0.1) is 12.8 Å². The number of aromatic nitrogens is 1. The van der Waals surface area contributed by atoms with Gasteiger partial charge in [-0.1, -0.05) is 18.2 Å². The second-order valence-corrected chi connectivity index (χ2v) is 5.12. The van der Waals surface area contributed by atoms with Gasteiger partial charge in [0.1, 0.15) is 6.10 Å². The summed E-state index contributed by atoms with van der Waals surface area (Å²) in [5, 5.41) is 10.3. The molecule has 0 fully saturated rings. The number of ether oxygens (including phenoxy) is 1. The molecule has 1 atom stereocenters. The summed E-state index contributed by atoms with van der Waals surface area (Å²) in [5.41, 5.74) is 2.38. The molecule has 4 heteroatoms. The molecular weight excluding hydrogens is 258 g/mol. The summed E-state index contributed by atoms with van der Waals surface area (Å²) in [5.74, 6) is 0.553. The van der Waals surface area contributed by atoms with Crippen LogP contribution in [-0.2, 0) is 0 Å². The second-order valence-electron chi connectivity index (χ2n) is 4.24. The van der Waals surface area contributed by atoms with Crippen LogP contribution in [0.1, 0.15) is 22.9 Å². The first kappa shape index (κ1) is 13.9. The highest BCUT2D eigenvalue weighted by molar-refractivity contribution is 7.98. The summed E-state index contributed by atoms with van der Waals surface area (Å²) < 4.78 is 5.18. The molecule has 0 spiro atoms. The predicted molar refractivity (Wildman–Crippen MR) is 77.8 cm³/mol. The van der Waals surface area contributed by atoms with Crippen molar-refractivity contribution < 1.29 is 9.84 Å². The number of benzene rings is 1. The van der Waals surface area contributed by atoms with Crippen molar-refractivity contribution in [3.05, 3.63) is 53.2 Å². The molecule has 0 saturated carbocycles. The van der Waals surface area contributed by atoms with Crippen LogP contribution in [0.5, 0.6) is 5.88 Å². The van der Waals surface area contributed by atoms with Gasteiger partial charge in [-0.2, -0.15) is 0 Å². The molecular formula is C15H17NO2S. The van der Waals surface area contributed by atoms with E-state index in [4.69, 9.17) is 4.74 Å². The van der Waals surface area contributed by atoms with Crippen LogP contribution in [-0.4, -0.2) is 23.5 Å². The Kier molecular flexibility index (Phi) is 4.45. The first-order valence-electron chi connectivity index (χ1n) is 5.99. The average molecular weight is 275 g/mol. The number of rotatable bonds is 4. The fourth-order valence-corrected chi connectivity index (χ4v) is 2.25. The van der Waals surface area contributed by atoms with Crippen molar-refractivity contribution in [2.45, 2.75) is 17.9 Å². The minimum Gasteiger partial charge on any atom is -0.481 e. The molecule has 2 aromatic rings. The Morgan fingerprint density at radius 2 is 1.84 bits per heavy atom. The van der Waals surface area contributed by atoms with Crippen molar-refractivity contribution in [1.29, 1.82) is 0 Å². The summed E-state index contributed by atoms with van der Waals surface area (Å²) in [6, 6.07) is 11.6. The number of aryl methyl sites for hydroxylation is 1. The Bertz CT molecular complexity index is 555. The smallest absolute Gasteiger partial charge is 0.216 e. The van der Waals surface area contributed by atoms with Gasteiger partial charge in [0.15, 0.2) is 0 Å². The molecule has 1 aromatic heterocycles. The normalized spacial score (nSPS) is 12.2. The Morgan fingerprint density at radius 1 is 1.16 bits per heavy atom. The minimum absolute atomic E-state index is 0.553. The highest BCUT2D eigenvalue weighted by Crippen LogP contribution is 2.25. The summed E-state index contributed by atoms with van der Waals surface area (Å²) >= 11 is 1.68. The molecule has 0 aliphatic rings. The summed E-state index contributed by atoms with van der Waals surface area (Å²) in [6.07, 6.45) is 1.29. The zero-order chi connectivity index (χ0) is 13.8. The van der Waals surface area contributed by atoms with Crippen molar-refractivity contribution in [2.75, 3.05) is 13.4 Å². The lowest BCUT2D eigenvalue weighted by Gasteiger charge is -2.13. The highest BCUT2D eigenvalue weighted by Gasteiger charge is 2.13. The van der Waals surface area contributed by atoms with Crippen LogP contribution in [0.15, 0.2) is 41.3 Å². The van der Waals surface area contributed by atoms with E-state index in [0.717, 1.165) is 11.1 Å². The lowest BCUT2D eigenvalue weighted by atomic mass is 10.1. The Morgan fingerprint density at radius 3 is 2.42 bits per heavy atom. The number of pyridine rings is 1. The van der Waals surface area contributed by atoms with Gasteiger partial charge in [-0.25, -0.2) is 4.98 Å². The van der Waals surface area contributed by atoms with Gasteiger partial charge in [-0.05, 0) is 36.9 Å². The van der Waals surface area contributed by atoms with E-state index in [1.807, 2.05) is 49.6 Å².